The molecule has 3 aromatic carbocycles. The summed E-state index contributed by atoms with van der Waals surface area (Å²) in [6.07, 6.45) is 9.42. The second-order valence-corrected chi connectivity index (χ2v) is 11.7. The first-order valence-corrected chi connectivity index (χ1v) is 15.4. The van der Waals surface area contributed by atoms with Crippen molar-refractivity contribution in [1.29, 1.82) is 0 Å². The van der Waals surface area contributed by atoms with Gasteiger partial charge in [-0.15, -0.1) is 0 Å². The lowest BCUT2D eigenvalue weighted by Gasteiger charge is -2.15. The molecule has 42 heavy (non-hydrogen) atoms. The summed E-state index contributed by atoms with van der Waals surface area (Å²) in [5, 5.41) is 19.0. The number of hydrogen-bond donors (Lipinski definition) is 3. The third-order valence-corrected chi connectivity index (χ3v) is 8.24. The topological polar surface area (TPSA) is 139 Å². The molecule has 1 heterocycles. The van der Waals surface area contributed by atoms with E-state index >= 15 is 0 Å². The predicted molar refractivity (Wildman–Crippen MR) is 161 cm³/mol. The number of phenols is 1. The van der Waals surface area contributed by atoms with E-state index in [0.717, 1.165) is 28.9 Å². The van der Waals surface area contributed by atoms with Gasteiger partial charge in [-0.25, -0.2) is 18.4 Å². The molecule has 0 radical (unpaired) electrons. The fourth-order valence-electron chi connectivity index (χ4n) is 4.35. The highest BCUT2D eigenvalue weighted by Gasteiger charge is 2.25. The number of nitrogens with one attached hydrogen (secondary N) is 1. The van der Waals surface area contributed by atoms with E-state index in [4.69, 9.17) is 4.74 Å². The highest BCUT2D eigenvalue weighted by atomic mass is 32.2. The zero-order valence-corrected chi connectivity index (χ0v) is 24.3. The SMILES string of the molecule is CCCCCCCOc1ccc(-c2cnc(-c3ccc(C[C@H](NS(=O)(=O)c4ccc(O)cc4)C(=O)O)cc3)nc2)cc1. The summed E-state index contributed by atoms with van der Waals surface area (Å²) < 4.78 is 33.3. The van der Waals surface area contributed by atoms with Crippen molar-refractivity contribution in [2.75, 3.05) is 6.61 Å². The summed E-state index contributed by atoms with van der Waals surface area (Å²) in [5.41, 5.74) is 3.21. The van der Waals surface area contributed by atoms with Crippen molar-refractivity contribution < 1.29 is 28.2 Å². The Balaban J connectivity index is 1.35. The molecule has 220 valence electrons. The fraction of sp³-hybridized carbons (Fsp3) is 0.281. The van der Waals surface area contributed by atoms with Gasteiger partial charge in [-0.1, -0.05) is 69.0 Å². The van der Waals surface area contributed by atoms with Crippen LogP contribution in [0.3, 0.4) is 0 Å². The molecule has 0 aliphatic rings. The number of ether oxygens (including phenoxy) is 1. The summed E-state index contributed by atoms with van der Waals surface area (Å²) in [6.45, 7) is 2.92. The number of carboxylic acid groups (broad SMARTS) is 1. The van der Waals surface area contributed by atoms with Crippen molar-refractivity contribution in [2.24, 2.45) is 0 Å². The quantitative estimate of drug-likeness (QED) is 0.147. The average molecular weight is 590 g/mol. The standard InChI is InChI=1S/C32H35N3O6S/c1-2-3-4-5-6-19-41-28-15-11-24(12-16-28)26-21-33-31(34-22-26)25-9-7-23(8-10-25)20-30(32(37)38)35-42(39,40)29-17-13-27(36)14-18-29/h7-18,21-22,30,35-36H,2-6,19-20H2,1H3,(H,37,38)/t30-/m0/s1. The molecule has 4 aromatic rings. The van der Waals surface area contributed by atoms with E-state index in [1.807, 2.05) is 24.3 Å². The van der Waals surface area contributed by atoms with Crippen LogP contribution in [-0.4, -0.2) is 47.2 Å². The molecule has 1 aromatic heterocycles. The number of aromatic nitrogens is 2. The maximum absolute atomic E-state index is 12.6. The van der Waals surface area contributed by atoms with E-state index in [0.29, 0.717) is 18.0 Å². The molecule has 4 rings (SSSR count). The van der Waals surface area contributed by atoms with E-state index in [9.17, 15) is 23.4 Å². The molecule has 0 spiro atoms. The predicted octanol–water partition coefficient (Wildman–Crippen LogP) is 5.84. The molecule has 1 atom stereocenters. The molecule has 0 fully saturated rings. The minimum absolute atomic E-state index is 0.0642. The van der Waals surface area contributed by atoms with Crippen LogP contribution >= 0.6 is 0 Å². The van der Waals surface area contributed by atoms with Crippen molar-refractivity contribution >= 4 is 16.0 Å². The Bertz CT molecular complexity index is 1540. The lowest BCUT2D eigenvalue weighted by molar-refractivity contribution is -0.138. The number of hydrogen-bond acceptors (Lipinski definition) is 7. The molecule has 0 unspecified atom stereocenters. The number of phenolic OH excluding ortho intramolecular Hbond substituents is 1. The van der Waals surface area contributed by atoms with Crippen LogP contribution in [0.15, 0.2) is 90.1 Å². The van der Waals surface area contributed by atoms with Crippen LogP contribution in [-0.2, 0) is 21.2 Å². The van der Waals surface area contributed by atoms with Gasteiger partial charge in [-0.2, -0.15) is 4.72 Å². The Hall–Kier alpha value is -4.28. The van der Waals surface area contributed by atoms with E-state index in [1.165, 1.54) is 49.9 Å². The number of sulfonamides is 1. The van der Waals surface area contributed by atoms with Gasteiger partial charge in [0.2, 0.25) is 10.0 Å². The second-order valence-electron chi connectivity index (χ2n) is 9.99. The van der Waals surface area contributed by atoms with E-state index in [2.05, 4.69) is 21.6 Å². The van der Waals surface area contributed by atoms with Gasteiger partial charge in [-0.05, 0) is 60.4 Å². The summed E-state index contributed by atoms with van der Waals surface area (Å²) in [4.78, 5) is 20.7. The Morgan fingerprint density at radius 3 is 2.07 bits per heavy atom. The first-order chi connectivity index (χ1) is 20.2. The normalized spacial score (nSPS) is 12.1. The third-order valence-electron chi connectivity index (χ3n) is 6.75. The van der Waals surface area contributed by atoms with Crippen molar-refractivity contribution in [3.63, 3.8) is 0 Å². The van der Waals surface area contributed by atoms with Crippen molar-refractivity contribution in [3.05, 3.63) is 90.8 Å². The summed E-state index contributed by atoms with van der Waals surface area (Å²) in [7, 11) is -4.10. The molecular weight excluding hydrogens is 554 g/mol. The van der Waals surface area contributed by atoms with Gasteiger partial charge in [0.1, 0.15) is 17.5 Å². The lowest BCUT2D eigenvalue weighted by atomic mass is 10.0. The van der Waals surface area contributed by atoms with Crippen LogP contribution in [0.2, 0.25) is 0 Å². The zero-order chi connectivity index (χ0) is 30.0. The molecule has 9 nitrogen and oxygen atoms in total. The maximum Gasteiger partial charge on any atom is 0.322 e. The molecule has 0 saturated heterocycles. The number of carbonyl (C=O) groups is 1. The Morgan fingerprint density at radius 1 is 0.833 bits per heavy atom. The van der Waals surface area contributed by atoms with Gasteiger partial charge in [0.25, 0.3) is 0 Å². The fourth-order valence-corrected chi connectivity index (χ4v) is 5.54. The number of carboxylic acids is 1. The first kappa shape index (κ1) is 30.7. The van der Waals surface area contributed by atoms with Crippen LogP contribution in [0, 0.1) is 0 Å². The smallest absolute Gasteiger partial charge is 0.322 e. The second kappa shape index (κ2) is 14.6. The maximum atomic E-state index is 12.6. The molecule has 0 bridgehead atoms. The van der Waals surface area contributed by atoms with Gasteiger partial charge in [0.15, 0.2) is 5.82 Å². The Morgan fingerprint density at radius 2 is 1.45 bits per heavy atom. The average Bonchev–Trinajstić information content (AvgIpc) is 2.99. The summed E-state index contributed by atoms with van der Waals surface area (Å²) >= 11 is 0. The van der Waals surface area contributed by atoms with Crippen LogP contribution in [0.5, 0.6) is 11.5 Å². The zero-order valence-electron chi connectivity index (χ0n) is 23.4. The first-order valence-electron chi connectivity index (χ1n) is 13.9. The van der Waals surface area contributed by atoms with E-state index < -0.39 is 22.0 Å². The summed E-state index contributed by atoms with van der Waals surface area (Å²) in [5.74, 6) is -0.0473. The van der Waals surface area contributed by atoms with Crippen molar-refractivity contribution in [1.82, 2.24) is 14.7 Å². The molecule has 0 aliphatic heterocycles. The minimum atomic E-state index is -4.10. The third kappa shape index (κ3) is 8.61. The van der Waals surface area contributed by atoms with E-state index in [-0.39, 0.29) is 17.1 Å². The largest absolute Gasteiger partial charge is 0.508 e. The van der Waals surface area contributed by atoms with Crippen molar-refractivity contribution in [2.45, 2.75) is 56.4 Å². The number of benzene rings is 3. The van der Waals surface area contributed by atoms with Crippen LogP contribution < -0.4 is 9.46 Å². The number of unbranched alkanes of at least 4 members (excludes halogenated alkanes) is 4. The van der Waals surface area contributed by atoms with E-state index in [1.54, 1.807) is 36.7 Å². The van der Waals surface area contributed by atoms with Gasteiger partial charge in [0, 0.05) is 23.5 Å². The van der Waals surface area contributed by atoms with Crippen molar-refractivity contribution in [3.8, 4) is 34.0 Å². The van der Waals surface area contributed by atoms with Crippen LogP contribution in [0.4, 0.5) is 0 Å². The van der Waals surface area contributed by atoms with Gasteiger partial charge in [-0.3, -0.25) is 4.79 Å². The Labute approximate surface area is 246 Å². The molecule has 0 aliphatic carbocycles. The number of nitrogens with zero attached hydrogens (tertiary/aromatic N) is 2. The van der Waals surface area contributed by atoms with Gasteiger partial charge in [0.05, 0.1) is 11.5 Å². The summed E-state index contributed by atoms with van der Waals surface area (Å²) in [6, 6.07) is 18.3. The Kier molecular flexibility index (Phi) is 10.6. The van der Waals surface area contributed by atoms with Crippen LogP contribution in [0.25, 0.3) is 22.5 Å². The van der Waals surface area contributed by atoms with Gasteiger partial charge >= 0.3 is 5.97 Å². The molecule has 0 saturated carbocycles. The molecule has 3 N–H and O–H groups in total. The minimum Gasteiger partial charge on any atom is -0.508 e. The molecular formula is C32H35N3O6S. The highest BCUT2D eigenvalue weighted by molar-refractivity contribution is 7.89. The van der Waals surface area contributed by atoms with Crippen LogP contribution in [0.1, 0.15) is 44.6 Å². The number of rotatable bonds is 15. The molecule has 10 heteroatoms. The molecule has 0 amide bonds. The number of aliphatic carboxylic acids is 1. The monoisotopic (exact) mass is 589 g/mol. The lowest BCUT2D eigenvalue weighted by Crippen LogP contribution is -2.42. The van der Waals surface area contributed by atoms with Gasteiger partial charge < -0.3 is 14.9 Å². The number of aromatic hydroxyl groups is 1. The highest BCUT2D eigenvalue weighted by Crippen LogP contribution is 2.24.